The molecule has 1 aliphatic carbocycles. The van der Waals surface area contributed by atoms with Crippen molar-refractivity contribution >= 4 is 0 Å². The molecule has 0 aromatic heterocycles. The van der Waals surface area contributed by atoms with Crippen molar-refractivity contribution in [2.24, 2.45) is 5.73 Å². The van der Waals surface area contributed by atoms with Gasteiger partial charge in [0.15, 0.2) is 0 Å². The summed E-state index contributed by atoms with van der Waals surface area (Å²) in [7, 11) is 2.21. The lowest BCUT2D eigenvalue weighted by Crippen LogP contribution is -2.50. The van der Waals surface area contributed by atoms with Gasteiger partial charge in [-0.3, -0.25) is 4.90 Å². The highest BCUT2D eigenvalue weighted by atomic mass is 16.2. The van der Waals surface area contributed by atoms with Gasteiger partial charge in [-0.25, -0.2) is 0 Å². The van der Waals surface area contributed by atoms with E-state index in [0.717, 1.165) is 25.9 Å². The highest BCUT2D eigenvalue weighted by molar-refractivity contribution is 4.94. The molecule has 15 heavy (non-hydrogen) atoms. The molecule has 3 heteroatoms. The second-order valence-electron chi connectivity index (χ2n) is 4.84. The first-order valence-electron chi connectivity index (χ1n) is 6.27. The Kier molecular flexibility index (Phi) is 5.58. The predicted octanol–water partition coefficient (Wildman–Crippen LogP) is 1.35. The van der Waals surface area contributed by atoms with E-state index in [4.69, 9.17) is 10.8 Å². The standard InChI is InChI=1S/C12H26N2O/c1-14(9-5-2-6-10-15)12(11-13)7-3-4-8-12/h15H,2-11,13H2,1H3. The molecule has 0 radical (unpaired) electrons. The summed E-state index contributed by atoms with van der Waals surface area (Å²) in [6.45, 7) is 2.24. The Balaban J connectivity index is 2.27. The monoisotopic (exact) mass is 214 g/mol. The van der Waals surface area contributed by atoms with E-state index in [9.17, 15) is 0 Å². The normalized spacial score (nSPS) is 20.0. The lowest BCUT2D eigenvalue weighted by molar-refractivity contribution is 0.128. The first kappa shape index (κ1) is 12.9. The van der Waals surface area contributed by atoms with Crippen LogP contribution in [-0.4, -0.2) is 42.3 Å². The summed E-state index contributed by atoms with van der Waals surface area (Å²) in [4.78, 5) is 2.46. The molecule has 0 unspecified atom stereocenters. The molecular formula is C12H26N2O. The lowest BCUT2D eigenvalue weighted by Gasteiger charge is -2.38. The van der Waals surface area contributed by atoms with Gasteiger partial charge in [0, 0.05) is 18.7 Å². The van der Waals surface area contributed by atoms with E-state index >= 15 is 0 Å². The minimum atomic E-state index is 0.291. The number of nitrogens with two attached hydrogens (primary N) is 1. The Morgan fingerprint density at radius 1 is 1.20 bits per heavy atom. The van der Waals surface area contributed by atoms with Crippen LogP contribution in [0.1, 0.15) is 44.9 Å². The van der Waals surface area contributed by atoms with Gasteiger partial charge in [-0.15, -0.1) is 0 Å². The summed E-state index contributed by atoms with van der Waals surface area (Å²) in [5.41, 5.74) is 6.21. The maximum Gasteiger partial charge on any atom is 0.0431 e. The number of likely N-dealkylation sites (N-methyl/N-ethyl adjacent to an activating group) is 1. The van der Waals surface area contributed by atoms with Crippen LogP contribution in [0.25, 0.3) is 0 Å². The average Bonchev–Trinajstić information content (AvgIpc) is 2.74. The van der Waals surface area contributed by atoms with Crippen molar-refractivity contribution < 1.29 is 5.11 Å². The van der Waals surface area contributed by atoms with Crippen molar-refractivity contribution in [3.8, 4) is 0 Å². The maximum atomic E-state index is 8.71. The first-order chi connectivity index (χ1) is 7.25. The third-order valence-corrected chi connectivity index (χ3v) is 3.88. The van der Waals surface area contributed by atoms with Gasteiger partial charge in [0.1, 0.15) is 0 Å². The SMILES string of the molecule is CN(CCCCCO)C1(CN)CCCC1. The average molecular weight is 214 g/mol. The minimum absolute atomic E-state index is 0.291. The maximum absolute atomic E-state index is 8.71. The number of nitrogens with zero attached hydrogens (tertiary/aromatic N) is 1. The Morgan fingerprint density at radius 3 is 2.40 bits per heavy atom. The Hall–Kier alpha value is -0.120. The van der Waals surface area contributed by atoms with E-state index in [2.05, 4.69) is 11.9 Å². The van der Waals surface area contributed by atoms with Crippen LogP contribution < -0.4 is 5.73 Å². The molecule has 0 aromatic rings. The first-order valence-corrected chi connectivity index (χ1v) is 6.27. The molecule has 0 atom stereocenters. The van der Waals surface area contributed by atoms with Crippen molar-refractivity contribution in [1.82, 2.24) is 4.90 Å². The van der Waals surface area contributed by atoms with E-state index in [-0.39, 0.29) is 0 Å². The van der Waals surface area contributed by atoms with Gasteiger partial charge in [0.2, 0.25) is 0 Å². The summed E-state index contributed by atoms with van der Waals surface area (Å²) < 4.78 is 0. The molecule has 90 valence electrons. The molecule has 0 amide bonds. The molecule has 0 heterocycles. The van der Waals surface area contributed by atoms with Gasteiger partial charge >= 0.3 is 0 Å². The lowest BCUT2D eigenvalue weighted by atomic mass is 9.95. The van der Waals surface area contributed by atoms with Crippen molar-refractivity contribution in [3.63, 3.8) is 0 Å². The number of aliphatic hydroxyl groups is 1. The van der Waals surface area contributed by atoms with Crippen LogP contribution in [0.15, 0.2) is 0 Å². The highest BCUT2D eigenvalue weighted by Gasteiger charge is 2.35. The van der Waals surface area contributed by atoms with E-state index in [1.165, 1.54) is 32.1 Å². The summed E-state index contributed by atoms with van der Waals surface area (Å²) in [6.07, 6.45) is 8.43. The summed E-state index contributed by atoms with van der Waals surface area (Å²) in [5.74, 6) is 0. The molecule has 0 spiro atoms. The fraction of sp³-hybridized carbons (Fsp3) is 1.00. The molecule has 3 N–H and O–H groups in total. The Labute approximate surface area is 93.6 Å². The summed E-state index contributed by atoms with van der Waals surface area (Å²) in [5, 5.41) is 8.71. The second-order valence-corrected chi connectivity index (χ2v) is 4.84. The molecule has 1 rings (SSSR count). The van der Waals surface area contributed by atoms with Crippen molar-refractivity contribution in [3.05, 3.63) is 0 Å². The fourth-order valence-corrected chi connectivity index (χ4v) is 2.65. The predicted molar refractivity (Wildman–Crippen MR) is 63.8 cm³/mol. The van der Waals surface area contributed by atoms with E-state index < -0.39 is 0 Å². The van der Waals surface area contributed by atoms with Crippen molar-refractivity contribution in [2.45, 2.75) is 50.5 Å². The molecule has 3 nitrogen and oxygen atoms in total. The largest absolute Gasteiger partial charge is 0.396 e. The van der Waals surface area contributed by atoms with Crippen LogP contribution in [0.5, 0.6) is 0 Å². The van der Waals surface area contributed by atoms with Crippen LogP contribution >= 0.6 is 0 Å². The van der Waals surface area contributed by atoms with Crippen LogP contribution in [0, 0.1) is 0 Å². The van der Waals surface area contributed by atoms with Gasteiger partial charge in [-0.05, 0) is 45.7 Å². The smallest absolute Gasteiger partial charge is 0.0431 e. The van der Waals surface area contributed by atoms with Crippen molar-refractivity contribution in [2.75, 3.05) is 26.7 Å². The zero-order valence-electron chi connectivity index (χ0n) is 10.0. The van der Waals surface area contributed by atoms with Gasteiger partial charge in [0.05, 0.1) is 0 Å². The van der Waals surface area contributed by atoms with E-state index in [1.54, 1.807) is 0 Å². The minimum Gasteiger partial charge on any atom is -0.396 e. The molecule has 0 bridgehead atoms. The van der Waals surface area contributed by atoms with Crippen LogP contribution in [0.3, 0.4) is 0 Å². The molecule has 1 fully saturated rings. The second kappa shape index (κ2) is 6.46. The number of hydrogen-bond acceptors (Lipinski definition) is 3. The molecule has 0 saturated heterocycles. The third-order valence-electron chi connectivity index (χ3n) is 3.88. The van der Waals surface area contributed by atoms with E-state index in [1.807, 2.05) is 0 Å². The van der Waals surface area contributed by atoms with E-state index in [0.29, 0.717) is 12.1 Å². The Bertz CT molecular complexity index is 167. The number of unbranched alkanes of at least 4 members (excludes halogenated alkanes) is 2. The molecule has 1 aliphatic rings. The van der Waals surface area contributed by atoms with Gasteiger partial charge in [0.25, 0.3) is 0 Å². The summed E-state index contributed by atoms with van der Waals surface area (Å²) >= 11 is 0. The van der Waals surface area contributed by atoms with Crippen LogP contribution in [-0.2, 0) is 0 Å². The number of hydrogen-bond donors (Lipinski definition) is 2. The van der Waals surface area contributed by atoms with Gasteiger partial charge < -0.3 is 10.8 Å². The van der Waals surface area contributed by atoms with Gasteiger partial charge in [-0.2, -0.15) is 0 Å². The number of aliphatic hydroxyl groups excluding tert-OH is 1. The Morgan fingerprint density at radius 2 is 1.87 bits per heavy atom. The fourth-order valence-electron chi connectivity index (χ4n) is 2.65. The quantitative estimate of drug-likeness (QED) is 0.629. The third kappa shape index (κ3) is 3.44. The van der Waals surface area contributed by atoms with Crippen LogP contribution in [0.4, 0.5) is 0 Å². The summed E-state index contributed by atoms with van der Waals surface area (Å²) in [6, 6.07) is 0. The van der Waals surface area contributed by atoms with Crippen LogP contribution in [0.2, 0.25) is 0 Å². The topological polar surface area (TPSA) is 49.5 Å². The zero-order chi connectivity index (χ0) is 11.1. The zero-order valence-corrected chi connectivity index (χ0v) is 10.0. The molecule has 1 saturated carbocycles. The highest BCUT2D eigenvalue weighted by Crippen LogP contribution is 2.33. The molecule has 0 aromatic carbocycles. The molecule has 0 aliphatic heterocycles. The molecular weight excluding hydrogens is 188 g/mol. The van der Waals surface area contributed by atoms with Gasteiger partial charge in [-0.1, -0.05) is 12.8 Å². The van der Waals surface area contributed by atoms with Crippen molar-refractivity contribution in [1.29, 1.82) is 0 Å². The number of rotatable bonds is 7.